The van der Waals surface area contributed by atoms with E-state index in [1.165, 1.54) is 32.5 Å². The molecule has 0 saturated heterocycles. The lowest BCUT2D eigenvalue weighted by Crippen LogP contribution is -2.14. The first-order valence-corrected chi connectivity index (χ1v) is 6.90. The van der Waals surface area contributed by atoms with Crippen molar-refractivity contribution in [1.29, 1.82) is 0 Å². The van der Waals surface area contributed by atoms with Gasteiger partial charge in [-0.3, -0.25) is 4.72 Å². The number of rotatable bonds is 5. The number of nitrogens with two attached hydrogens (primary N) is 1. The van der Waals surface area contributed by atoms with E-state index in [4.69, 9.17) is 15.2 Å². The number of sulfonamides is 1. The van der Waals surface area contributed by atoms with Crippen molar-refractivity contribution >= 4 is 21.4 Å². The van der Waals surface area contributed by atoms with Crippen molar-refractivity contribution in [2.75, 3.05) is 24.7 Å². The SMILES string of the molecule is COc1cc(OC)c(S(=O)(=O)Nc2cnoc2)cc1N. The molecular formula is C11H13N3O5S. The highest BCUT2D eigenvalue weighted by molar-refractivity contribution is 7.92. The van der Waals surface area contributed by atoms with Gasteiger partial charge in [-0.2, -0.15) is 0 Å². The molecule has 0 fully saturated rings. The summed E-state index contributed by atoms with van der Waals surface area (Å²) in [5.74, 6) is 0.436. The number of anilines is 2. The summed E-state index contributed by atoms with van der Waals surface area (Å²) in [6.45, 7) is 0. The Hall–Kier alpha value is -2.42. The van der Waals surface area contributed by atoms with E-state index < -0.39 is 10.0 Å². The second-order valence-corrected chi connectivity index (χ2v) is 5.41. The van der Waals surface area contributed by atoms with Crippen molar-refractivity contribution in [2.24, 2.45) is 0 Å². The molecule has 20 heavy (non-hydrogen) atoms. The maximum Gasteiger partial charge on any atom is 0.265 e. The van der Waals surface area contributed by atoms with E-state index >= 15 is 0 Å². The minimum atomic E-state index is -3.88. The molecule has 0 aliphatic carbocycles. The molecule has 108 valence electrons. The number of nitrogens with one attached hydrogen (secondary N) is 1. The number of aromatic nitrogens is 1. The quantitative estimate of drug-likeness (QED) is 0.793. The number of nitrogen functional groups attached to an aromatic ring is 1. The second kappa shape index (κ2) is 5.29. The Balaban J connectivity index is 2.48. The summed E-state index contributed by atoms with van der Waals surface area (Å²) in [6.07, 6.45) is 2.40. The van der Waals surface area contributed by atoms with Gasteiger partial charge < -0.3 is 19.7 Å². The van der Waals surface area contributed by atoms with E-state index in [0.717, 1.165) is 6.26 Å². The molecule has 9 heteroatoms. The first kappa shape index (κ1) is 14.0. The monoisotopic (exact) mass is 299 g/mol. The van der Waals surface area contributed by atoms with Crippen LogP contribution in [-0.2, 0) is 10.0 Å². The molecule has 1 aromatic heterocycles. The van der Waals surface area contributed by atoms with Gasteiger partial charge in [0, 0.05) is 6.07 Å². The highest BCUT2D eigenvalue weighted by atomic mass is 32.2. The molecule has 8 nitrogen and oxygen atoms in total. The summed E-state index contributed by atoms with van der Waals surface area (Å²) in [6, 6.07) is 2.66. The predicted molar refractivity (Wildman–Crippen MR) is 71.3 cm³/mol. The number of nitrogens with zero attached hydrogens (tertiary/aromatic N) is 1. The lowest BCUT2D eigenvalue weighted by Gasteiger charge is -2.13. The molecular weight excluding hydrogens is 286 g/mol. The summed E-state index contributed by atoms with van der Waals surface area (Å²) in [5.41, 5.74) is 6.10. The Morgan fingerprint density at radius 1 is 1.25 bits per heavy atom. The molecule has 0 radical (unpaired) electrons. The molecule has 0 aliphatic rings. The molecule has 3 N–H and O–H groups in total. The standard InChI is InChI=1S/C11H13N3O5S/c1-17-9-4-10(18-2)11(3-8(9)12)20(15,16)14-7-5-13-19-6-7/h3-6,14H,12H2,1-2H3. The summed E-state index contributed by atoms with van der Waals surface area (Å²) >= 11 is 0. The lowest BCUT2D eigenvalue weighted by atomic mass is 10.3. The second-order valence-electron chi connectivity index (χ2n) is 3.76. The maximum atomic E-state index is 12.3. The Morgan fingerprint density at radius 2 is 1.95 bits per heavy atom. The van der Waals surface area contributed by atoms with E-state index in [9.17, 15) is 8.42 Å². The van der Waals surface area contributed by atoms with Crippen LogP contribution in [0.4, 0.5) is 11.4 Å². The van der Waals surface area contributed by atoms with E-state index in [1.807, 2.05) is 0 Å². The fourth-order valence-corrected chi connectivity index (χ4v) is 2.78. The third-order valence-corrected chi connectivity index (χ3v) is 3.89. The van der Waals surface area contributed by atoms with Gasteiger partial charge in [0.15, 0.2) is 0 Å². The summed E-state index contributed by atoms with van der Waals surface area (Å²) in [7, 11) is -1.11. The van der Waals surface area contributed by atoms with Crippen LogP contribution >= 0.6 is 0 Å². The van der Waals surface area contributed by atoms with Crippen molar-refractivity contribution < 1.29 is 22.4 Å². The van der Waals surface area contributed by atoms with Crippen LogP contribution in [0.5, 0.6) is 11.5 Å². The van der Waals surface area contributed by atoms with Crippen LogP contribution in [0.3, 0.4) is 0 Å². The highest BCUT2D eigenvalue weighted by Gasteiger charge is 2.22. The third-order valence-electron chi connectivity index (χ3n) is 2.49. The molecule has 0 spiro atoms. The Morgan fingerprint density at radius 3 is 2.50 bits per heavy atom. The molecule has 0 saturated carbocycles. The van der Waals surface area contributed by atoms with Crippen LogP contribution in [0.2, 0.25) is 0 Å². The van der Waals surface area contributed by atoms with Crippen LogP contribution in [0.1, 0.15) is 0 Å². The molecule has 1 heterocycles. The van der Waals surface area contributed by atoms with Crippen LogP contribution in [0, 0.1) is 0 Å². The van der Waals surface area contributed by atoms with Crippen LogP contribution in [0.25, 0.3) is 0 Å². The first-order valence-electron chi connectivity index (χ1n) is 5.41. The maximum absolute atomic E-state index is 12.3. The van der Waals surface area contributed by atoms with Gasteiger partial charge in [-0.05, 0) is 6.07 Å². The molecule has 0 aliphatic heterocycles. The van der Waals surface area contributed by atoms with Crippen molar-refractivity contribution in [2.45, 2.75) is 4.90 Å². The minimum Gasteiger partial charge on any atom is -0.495 e. The van der Waals surface area contributed by atoms with Crippen molar-refractivity contribution in [3.63, 3.8) is 0 Å². The summed E-state index contributed by atoms with van der Waals surface area (Å²) in [4.78, 5) is -0.112. The first-order chi connectivity index (χ1) is 9.47. The van der Waals surface area contributed by atoms with E-state index in [-0.39, 0.29) is 22.0 Å². The van der Waals surface area contributed by atoms with Crippen LogP contribution in [0.15, 0.2) is 34.0 Å². The molecule has 0 atom stereocenters. The zero-order valence-corrected chi connectivity index (χ0v) is 11.6. The van der Waals surface area contributed by atoms with Crippen molar-refractivity contribution in [3.8, 4) is 11.5 Å². The van der Waals surface area contributed by atoms with E-state index in [0.29, 0.717) is 5.75 Å². The van der Waals surface area contributed by atoms with Crippen LogP contribution < -0.4 is 19.9 Å². The molecule has 1 aromatic carbocycles. The molecule has 0 bridgehead atoms. The Bertz CT molecular complexity index is 697. The van der Waals surface area contributed by atoms with Gasteiger partial charge in [-0.25, -0.2) is 8.42 Å². The van der Waals surface area contributed by atoms with Gasteiger partial charge in [-0.1, -0.05) is 5.16 Å². The zero-order chi connectivity index (χ0) is 14.8. The highest BCUT2D eigenvalue weighted by Crippen LogP contribution is 2.34. The number of ether oxygens (including phenoxy) is 2. The zero-order valence-electron chi connectivity index (χ0n) is 10.8. The summed E-state index contributed by atoms with van der Waals surface area (Å²) < 4.78 is 41.5. The molecule has 2 aromatic rings. The normalized spacial score (nSPS) is 11.1. The van der Waals surface area contributed by atoms with Gasteiger partial charge in [0.2, 0.25) is 0 Å². The summed E-state index contributed by atoms with van der Waals surface area (Å²) in [5, 5.41) is 3.41. The Labute approximate surface area is 115 Å². The third kappa shape index (κ3) is 2.62. The van der Waals surface area contributed by atoms with Crippen molar-refractivity contribution in [3.05, 3.63) is 24.6 Å². The smallest absolute Gasteiger partial charge is 0.265 e. The predicted octanol–water partition coefficient (Wildman–Crippen LogP) is 1.07. The largest absolute Gasteiger partial charge is 0.495 e. The fourth-order valence-electron chi connectivity index (χ4n) is 1.57. The fraction of sp³-hybridized carbons (Fsp3) is 0.182. The molecule has 2 rings (SSSR count). The van der Waals surface area contributed by atoms with Gasteiger partial charge in [0.05, 0.1) is 26.1 Å². The minimum absolute atomic E-state index is 0.111. The lowest BCUT2D eigenvalue weighted by molar-refractivity contribution is 0.387. The number of hydrogen-bond donors (Lipinski definition) is 2. The number of hydrogen-bond acceptors (Lipinski definition) is 7. The van der Waals surface area contributed by atoms with Crippen molar-refractivity contribution in [1.82, 2.24) is 5.16 Å². The van der Waals surface area contributed by atoms with Gasteiger partial charge >= 0.3 is 0 Å². The van der Waals surface area contributed by atoms with Gasteiger partial charge in [-0.15, -0.1) is 0 Å². The average molecular weight is 299 g/mol. The average Bonchev–Trinajstić information content (AvgIpc) is 2.90. The molecule has 0 amide bonds. The number of methoxy groups -OCH3 is 2. The van der Waals surface area contributed by atoms with E-state index in [1.54, 1.807) is 0 Å². The Kier molecular flexibility index (Phi) is 3.70. The van der Waals surface area contributed by atoms with Gasteiger partial charge in [0.1, 0.15) is 28.3 Å². The van der Waals surface area contributed by atoms with E-state index in [2.05, 4.69) is 14.4 Å². The van der Waals surface area contributed by atoms with Gasteiger partial charge in [0.25, 0.3) is 10.0 Å². The topological polar surface area (TPSA) is 117 Å². The van der Waals surface area contributed by atoms with Crippen LogP contribution in [-0.4, -0.2) is 27.8 Å². The molecule has 0 unspecified atom stereocenters. The number of benzene rings is 1.